The highest BCUT2D eigenvalue weighted by molar-refractivity contribution is 5.62. The number of aryl methyl sites for hydroxylation is 2. The lowest BCUT2D eigenvalue weighted by Gasteiger charge is -2.19. The summed E-state index contributed by atoms with van der Waals surface area (Å²) in [6.45, 7) is 29.5. The van der Waals surface area contributed by atoms with Gasteiger partial charge in [0.25, 0.3) is 0 Å². The van der Waals surface area contributed by atoms with E-state index < -0.39 is 0 Å². The van der Waals surface area contributed by atoms with Crippen LogP contribution in [0.3, 0.4) is 0 Å². The first-order valence-electron chi connectivity index (χ1n) is 21.1. The van der Waals surface area contributed by atoms with Crippen molar-refractivity contribution < 1.29 is 18.3 Å². The minimum atomic E-state index is 0.446. The molecule has 2 aromatic carbocycles. The van der Waals surface area contributed by atoms with Gasteiger partial charge < -0.3 is 0 Å². The fourth-order valence-electron chi connectivity index (χ4n) is 7.80. The monoisotopic (exact) mass is 747 g/mol. The van der Waals surface area contributed by atoms with Gasteiger partial charge in [0, 0.05) is 70.8 Å². The second-order valence-electron chi connectivity index (χ2n) is 17.7. The van der Waals surface area contributed by atoms with Gasteiger partial charge >= 0.3 is 0 Å². The van der Waals surface area contributed by atoms with Crippen LogP contribution in [0.25, 0.3) is 33.6 Å². The lowest BCUT2D eigenvalue weighted by atomic mass is 9.87. The Kier molecular flexibility index (Phi) is 12.7. The molecule has 290 valence electrons. The number of nitrogens with zero attached hydrogens (tertiary/aromatic N) is 4. The first-order valence-corrected chi connectivity index (χ1v) is 21.1. The minimum Gasteiger partial charge on any atom is -0.198 e. The van der Waals surface area contributed by atoms with E-state index in [9.17, 15) is 0 Å². The molecule has 0 aliphatic rings. The van der Waals surface area contributed by atoms with Gasteiger partial charge in [0.2, 0.25) is 24.5 Å². The lowest BCUT2D eigenvalue weighted by molar-refractivity contribution is -0.778. The molecule has 4 aromatic heterocycles. The van der Waals surface area contributed by atoms with Gasteiger partial charge in [0.15, 0.2) is 49.6 Å². The molecule has 0 atom stereocenters. The highest BCUT2D eigenvalue weighted by Gasteiger charge is 2.26. The third-order valence-corrected chi connectivity index (χ3v) is 11.4. The molecule has 6 rings (SSSR count). The zero-order valence-corrected chi connectivity index (χ0v) is 36.2. The number of hydrogen-bond acceptors (Lipinski definition) is 0. The van der Waals surface area contributed by atoms with E-state index in [1.165, 1.54) is 67.0 Å². The number of benzene rings is 2. The summed E-state index contributed by atoms with van der Waals surface area (Å²) in [7, 11) is 0. The van der Waals surface area contributed by atoms with Crippen molar-refractivity contribution in [1.82, 2.24) is 0 Å². The van der Waals surface area contributed by atoms with Gasteiger partial charge in [-0.2, -0.15) is 18.3 Å². The van der Waals surface area contributed by atoms with Crippen LogP contribution in [0.1, 0.15) is 152 Å². The molecule has 0 aliphatic heterocycles. The second kappa shape index (κ2) is 17.5. The minimum absolute atomic E-state index is 0.446. The average molecular weight is 747 g/mol. The average Bonchev–Trinajstić information content (AvgIpc) is 3.19. The molecular formula is C52H66N4+4. The van der Waals surface area contributed by atoms with Crippen LogP contribution >= 0.6 is 0 Å². The molecule has 0 saturated carbocycles. The van der Waals surface area contributed by atoms with Gasteiger partial charge in [0.05, 0.1) is 0 Å². The van der Waals surface area contributed by atoms with E-state index in [0.717, 1.165) is 13.1 Å². The number of aromatic nitrogens is 4. The summed E-state index contributed by atoms with van der Waals surface area (Å²) < 4.78 is 9.20. The van der Waals surface area contributed by atoms with Crippen molar-refractivity contribution in [2.45, 2.75) is 132 Å². The maximum Gasteiger partial charge on any atom is 0.217 e. The molecular weight excluding hydrogens is 681 g/mol. The number of pyridine rings is 4. The molecule has 4 heteroatoms. The predicted molar refractivity (Wildman–Crippen MR) is 232 cm³/mol. The SMILES string of the molecule is CC(C)c1cc(C(C)C)c(-[n+]2ccc(-c3cc[n+](CC[n+]4ccc(-c5cc[n+](-c6c(C(C)C)cc(C(C)C)cc6C(C)C)cc5)cc4)cc3)cc2)c(C(C)C)c1. The molecule has 0 spiro atoms. The summed E-state index contributed by atoms with van der Waals surface area (Å²) in [4.78, 5) is 0. The molecule has 0 fully saturated rings. The van der Waals surface area contributed by atoms with E-state index in [2.05, 4.69) is 224 Å². The summed E-state index contributed by atoms with van der Waals surface area (Å²) in [5.41, 5.74) is 16.1. The smallest absolute Gasteiger partial charge is 0.198 e. The molecule has 0 radical (unpaired) electrons. The van der Waals surface area contributed by atoms with Crippen molar-refractivity contribution >= 4 is 0 Å². The van der Waals surface area contributed by atoms with Gasteiger partial charge in [0.1, 0.15) is 0 Å². The van der Waals surface area contributed by atoms with E-state index in [4.69, 9.17) is 0 Å². The highest BCUT2D eigenvalue weighted by atomic mass is 15.0. The molecule has 0 amide bonds. The Bertz CT molecular complexity index is 2000. The van der Waals surface area contributed by atoms with E-state index in [1.54, 1.807) is 0 Å². The van der Waals surface area contributed by atoms with Crippen molar-refractivity contribution in [3.05, 3.63) is 156 Å². The molecule has 0 aliphatic carbocycles. The van der Waals surface area contributed by atoms with E-state index >= 15 is 0 Å². The van der Waals surface area contributed by atoms with Gasteiger partial charge in [-0.05, 0) is 93.2 Å². The maximum atomic E-state index is 2.43. The zero-order valence-electron chi connectivity index (χ0n) is 36.2. The van der Waals surface area contributed by atoms with Crippen LogP contribution in [0.5, 0.6) is 0 Å². The van der Waals surface area contributed by atoms with Crippen LogP contribution in [-0.4, -0.2) is 0 Å². The molecule has 4 heterocycles. The van der Waals surface area contributed by atoms with Crippen molar-refractivity contribution in [2.75, 3.05) is 0 Å². The normalized spacial score (nSPS) is 12.0. The van der Waals surface area contributed by atoms with Gasteiger partial charge in [-0.25, -0.2) is 0 Å². The van der Waals surface area contributed by atoms with Crippen molar-refractivity contribution in [3.63, 3.8) is 0 Å². The van der Waals surface area contributed by atoms with E-state index in [0.29, 0.717) is 35.5 Å². The molecule has 4 nitrogen and oxygen atoms in total. The fourth-order valence-corrected chi connectivity index (χ4v) is 7.80. The molecule has 0 bridgehead atoms. The van der Waals surface area contributed by atoms with Gasteiger partial charge in [-0.15, -0.1) is 0 Å². The Hall–Kier alpha value is -4.96. The van der Waals surface area contributed by atoms with Crippen LogP contribution in [0.4, 0.5) is 0 Å². The molecule has 0 saturated heterocycles. The van der Waals surface area contributed by atoms with Crippen molar-refractivity contribution in [2.24, 2.45) is 0 Å². The third-order valence-electron chi connectivity index (χ3n) is 11.4. The topological polar surface area (TPSA) is 15.5 Å². The molecule has 56 heavy (non-hydrogen) atoms. The third kappa shape index (κ3) is 9.02. The summed E-state index contributed by atoms with van der Waals surface area (Å²) in [6, 6.07) is 27.7. The summed E-state index contributed by atoms with van der Waals surface area (Å²) in [5, 5.41) is 0. The number of hydrogen-bond donors (Lipinski definition) is 0. The van der Waals surface area contributed by atoms with Crippen LogP contribution in [-0.2, 0) is 13.1 Å². The summed E-state index contributed by atoms with van der Waals surface area (Å²) in [5.74, 6) is 2.80. The van der Waals surface area contributed by atoms with Crippen LogP contribution < -0.4 is 18.3 Å². The van der Waals surface area contributed by atoms with Crippen LogP contribution in [0.2, 0.25) is 0 Å². The number of rotatable bonds is 13. The zero-order chi connectivity index (χ0) is 40.3. The Labute approximate surface area is 338 Å². The first kappa shape index (κ1) is 40.7. The van der Waals surface area contributed by atoms with Crippen LogP contribution in [0, 0.1) is 0 Å². The largest absolute Gasteiger partial charge is 0.217 e. The predicted octanol–water partition coefficient (Wildman–Crippen LogP) is 11.6. The summed E-state index contributed by atoms with van der Waals surface area (Å²) >= 11 is 0. The van der Waals surface area contributed by atoms with Crippen LogP contribution in [0.15, 0.2) is 122 Å². The lowest BCUT2D eigenvalue weighted by Crippen LogP contribution is -2.43. The quantitative estimate of drug-likeness (QED) is 0.105. The standard InChI is InChI=1S/C52H66N4/c1-35(2)45-31-47(37(5)6)51(48(32-45)38(7)8)55-25-17-43(18-26-55)41-13-21-53(22-14-41)29-30-54-23-15-42(16-24-54)44-19-27-56(28-20-44)52-49(39(9)10)33-46(36(3)4)34-50(52)40(11)12/h13-28,31-40H,29-30H2,1-12H3/q+4. The molecule has 0 N–H and O–H groups in total. The Morgan fingerprint density at radius 3 is 0.768 bits per heavy atom. The van der Waals surface area contributed by atoms with Crippen molar-refractivity contribution in [3.8, 4) is 33.6 Å². The van der Waals surface area contributed by atoms with Crippen molar-refractivity contribution in [1.29, 1.82) is 0 Å². The first-order chi connectivity index (χ1) is 26.7. The van der Waals surface area contributed by atoms with E-state index in [-0.39, 0.29) is 0 Å². The maximum absolute atomic E-state index is 2.43. The second-order valence-corrected chi connectivity index (χ2v) is 17.7. The Morgan fingerprint density at radius 2 is 0.554 bits per heavy atom. The fraction of sp³-hybridized carbons (Fsp3) is 0.385. The molecule has 0 unspecified atom stereocenters. The Balaban J connectivity index is 1.12. The van der Waals surface area contributed by atoms with E-state index in [1.807, 2.05) is 0 Å². The summed E-state index contributed by atoms with van der Waals surface area (Å²) in [6.07, 6.45) is 17.8. The molecule has 6 aromatic rings. The van der Waals surface area contributed by atoms with Gasteiger partial charge in [-0.1, -0.05) is 83.1 Å². The Morgan fingerprint density at radius 1 is 0.321 bits per heavy atom. The van der Waals surface area contributed by atoms with Gasteiger partial charge in [-0.3, -0.25) is 0 Å². The highest BCUT2D eigenvalue weighted by Crippen LogP contribution is 2.34.